The minimum absolute atomic E-state index is 0.0646. The van der Waals surface area contributed by atoms with E-state index >= 15 is 0 Å². The summed E-state index contributed by atoms with van der Waals surface area (Å²) >= 11 is 0. The lowest BCUT2D eigenvalue weighted by molar-refractivity contribution is -0.138. The average Bonchev–Trinajstić information content (AvgIpc) is 3.32. The number of rotatable bonds is 9. The summed E-state index contributed by atoms with van der Waals surface area (Å²) in [4.78, 5) is 10.3. The van der Waals surface area contributed by atoms with E-state index in [2.05, 4.69) is 27.6 Å². The van der Waals surface area contributed by atoms with Crippen molar-refractivity contribution in [1.29, 1.82) is 0 Å². The van der Waals surface area contributed by atoms with Crippen LogP contribution in [0.25, 0.3) is 22.9 Å². The van der Waals surface area contributed by atoms with Crippen LogP contribution in [-0.2, 0) is 16.1 Å². The quantitative estimate of drug-likeness (QED) is 0.467. The van der Waals surface area contributed by atoms with Gasteiger partial charge in [0, 0.05) is 23.7 Å². The predicted octanol–water partition coefficient (Wildman–Crippen LogP) is 4.91. The molecule has 3 aromatic rings. The van der Waals surface area contributed by atoms with Crippen molar-refractivity contribution < 1.29 is 18.7 Å². The molecule has 0 amide bonds. The highest BCUT2D eigenvalue weighted by Gasteiger charge is 2.29. The maximum atomic E-state index is 10.3. The summed E-state index contributed by atoms with van der Waals surface area (Å²) < 4.78 is 17.0. The highest BCUT2D eigenvalue weighted by Crippen LogP contribution is 2.28. The lowest BCUT2D eigenvalue weighted by Gasteiger charge is -2.34. The molecule has 0 aliphatic heterocycles. The van der Waals surface area contributed by atoms with Gasteiger partial charge in [0.15, 0.2) is 0 Å². The number of hydrogen-bond acceptors (Lipinski definition) is 7. The topological polar surface area (TPSA) is 86.5 Å². The van der Waals surface area contributed by atoms with Gasteiger partial charge in [0.1, 0.15) is 11.9 Å². The molecule has 2 fully saturated rings. The molecule has 2 aliphatic rings. The minimum atomic E-state index is 0.0646. The molecule has 0 saturated heterocycles. The predicted molar refractivity (Wildman–Crippen MR) is 123 cm³/mol. The first-order chi connectivity index (χ1) is 16.3. The van der Waals surface area contributed by atoms with E-state index in [-0.39, 0.29) is 6.10 Å². The van der Waals surface area contributed by atoms with Crippen LogP contribution in [0.4, 0.5) is 0 Å². The monoisotopic (exact) mass is 447 g/mol. The van der Waals surface area contributed by atoms with Gasteiger partial charge in [0.25, 0.3) is 6.47 Å². The molecule has 7 nitrogen and oxygen atoms in total. The van der Waals surface area contributed by atoms with Crippen molar-refractivity contribution in [2.24, 2.45) is 0 Å². The fourth-order valence-corrected chi connectivity index (χ4v) is 4.46. The largest absolute Gasteiger partial charge is 0.490 e. The van der Waals surface area contributed by atoms with Crippen molar-refractivity contribution in [3.8, 4) is 28.7 Å². The Balaban J connectivity index is 1.15. The molecule has 0 radical (unpaired) electrons. The van der Waals surface area contributed by atoms with Crippen molar-refractivity contribution in [2.75, 3.05) is 0 Å². The van der Waals surface area contributed by atoms with Crippen LogP contribution < -0.4 is 10.1 Å². The van der Waals surface area contributed by atoms with E-state index in [4.69, 9.17) is 13.9 Å². The van der Waals surface area contributed by atoms with Crippen LogP contribution in [0.15, 0.2) is 52.9 Å². The summed E-state index contributed by atoms with van der Waals surface area (Å²) in [6.07, 6.45) is 8.24. The summed E-state index contributed by atoms with van der Waals surface area (Å²) in [5.74, 6) is 1.89. The molecule has 2 aromatic carbocycles. The van der Waals surface area contributed by atoms with Gasteiger partial charge >= 0.3 is 0 Å². The highest BCUT2D eigenvalue weighted by atomic mass is 16.5. The second kappa shape index (κ2) is 10.2. The molecule has 5 rings (SSSR count). The Labute approximate surface area is 193 Å². The zero-order valence-corrected chi connectivity index (χ0v) is 18.6. The number of nitrogens with zero attached hydrogens (tertiary/aromatic N) is 2. The Hall–Kier alpha value is -3.19. The molecule has 2 aliphatic carbocycles. The Morgan fingerprint density at radius 3 is 2.15 bits per heavy atom. The Bertz CT molecular complexity index is 1040. The Morgan fingerprint density at radius 2 is 1.52 bits per heavy atom. The maximum Gasteiger partial charge on any atom is 0.293 e. The molecule has 2 saturated carbocycles. The lowest BCUT2D eigenvalue weighted by Crippen LogP contribution is -2.44. The summed E-state index contributed by atoms with van der Waals surface area (Å²) in [5, 5.41) is 11.9. The maximum absolute atomic E-state index is 10.3. The molecule has 1 aromatic heterocycles. The van der Waals surface area contributed by atoms with Crippen LogP contribution in [0.2, 0.25) is 0 Å². The van der Waals surface area contributed by atoms with Crippen LogP contribution in [0.1, 0.15) is 50.5 Å². The van der Waals surface area contributed by atoms with Crippen molar-refractivity contribution in [1.82, 2.24) is 15.5 Å². The van der Waals surface area contributed by atoms with Crippen molar-refractivity contribution in [3.05, 3.63) is 54.1 Å². The lowest BCUT2D eigenvalue weighted by atomic mass is 9.89. The van der Waals surface area contributed by atoms with Gasteiger partial charge in [-0.2, -0.15) is 0 Å². The van der Waals surface area contributed by atoms with E-state index in [1.165, 1.54) is 24.8 Å². The molecule has 0 unspecified atom stereocenters. The standard InChI is InChI=1S/C26H29N3O4/c30-17-31-24-14-21(15-24)27-16-18-6-8-19(9-7-18)25-28-29-26(33-25)20-10-12-23(13-11-20)32-22-4-2-1-3-5-22/h6-13,17,21-22,24,27H,1-5,14-16H2. The third kappa shape index (κ3) is 5.42. The van der Waals surface area contributed by atoms with Crippen molar-refractivity contribution >= 4 is 6.47 Å². The van der Waals surface area contributed by atoms with Crippen molar-refractivity contribution in [3.63, 3.8) is 0 Å². The molecular formula is C26H29N3O4. The Kier molecular flexibility index (Phi) is 6.67. The van der Waals surface area contributed by atoms with Gasteiger partial charge in [-0.25, -0.2) is 0 Å². The van der Waals surface area contributed by atoms with Gasteiger partial charge < -0.3 is 19.2 Å². The molecule has 0 atom stereocenters. The van der Waals surface area contributed by atoms with Gasteiger partial charge in [-0.05, 0) is 80.5 Å². The molecule has 7 heteroatoms. The first-order valence-electron chi connectivity index (χ1n) is 11.8. The summed E-state index contributed by atoms with van der Waals surface area (Å²) in [6, 6.07) is 16.4. The van der Waals surface area contributed by atoms with E-state index in [9.17, 15) is 4.79 Å². The Morgan fingerprint density at radius 1 is 0.879 bits per heavy atom. The van der Waals surface area contributed by atoms with E-state index in [1.54, 1.807) is 0 Å². The van der Waals surface area contributed by atoms with Crippen LogP contribution in [-0.4, -0.2) is 34.9 Å². The minimum Gasteiger partial charge on any atom is -0.490 e. The molecule has 0 spiro atoms. The van der Waals surface area contributed by atoms with Gasteiger partial charge in [0.05, 0.1) is 6.10 Å². The number of aromatic nitrogens is 2. The fourth-order valence-electron chi connectivity index (χ4n) is 4.46. The van der Waals surface area contributed by atoms with Crippen LogP contribution >= 0.6 is 0 Å². The average molecular weight is 448 g/mol. The normalized spacial score (nSPS) is 20.7. The molecule has 1 N–H and O–H groups in total. The number of nitrogens with one attached hydrogen (secondary N) is 1. The number of carbonyl (C=O) groups excluding carboxylic acids is 1. The van der Waals surface area contributed by atoms with E-state index in [0.29, 0.717) is 30.4 Å². The zero-order valence-electron chi connectivity index (χ0n) is 18.6. The molecular weight excluding hydrogens is 418 g/mol. The van der Waals surface area contributed by atoms with Crippen molar-refractivity contribution in [2.45, 2.75) is 69.7 Å². The zero-order chi connectivity index (χ0) is 22.5. The third-order valence-electron chi connectivity index (χ3n) is 6.52. The van der Waals surface area contributed by atoms with Gasteiger partial charge in [0.2, 0.25) is 11.8 Å². The molecule has 1 heterocycles. The van der Waals surface area contributed by atoms with E-state index in [1.807, 2.05) is 36.4 Å². The molecule has 0 bridgehead atoms. The fraction of sp³-hybridized carbons (Fsp3) is 0.423. The summed E-state index contributed by atoms with van der Waals surface area (Å²) in [5.41, 5.74) is 2.94. The highest BCUT2D eigenvalue weighted by molar-refractivity contribution is 5.58. The summed E-state index contributed by atoms with van der Waals surface area (Å²) in [7, 11) is 0. The van der Waals surface area contributed by atoms with Crippen LogP contribution in [0.5, 0.6) is 5.75 Å². The van der Waals surface area contributed by atoms with Gasteiger partial charge in [-0.1, -0.05) is 18.6 Å². The third-order valence-corrected chi connectivity index (χ3v) is 6.52. The summed E-state index contributed by atoms with van der Waals surface area (Å²) in [6.45, 7) is 1.30. The van der Waals surface area contributed by atoms with Gasteiger partial charge in [-0.15, -0.1) is 10.2 Å². The van der Waals surface area contributed by atoms with E-state index in [0.717, 1.165) is 49.1 Å². The number of benzene rings is 2. The molecule has 172 valence electrons. The molecule has 33 heavy (non-hydrogen) atoms. The number of hydrogen-bond donors (Lipinski definition) is 1. The van der Waals surface area contributed by atoms with Crippen LogP contribution in [0.3, 0.4) is 0 Å². The first-order valence-corrected chi connectivity index (χ1v) is 11.8. The van der Waals surface area contributed by atoms with Gasteiger partial charge in [-0.3, -0.25) is 4.79 Å². The smallest absolute Gasteiger partial charge is 0.293 e. The number of ether oxygens (including phenoxy) is 2. The SMILES string of the molecule is O=COC1CC(NCc2ccc(-c3nnc(-c4ccc(OC5CCCCC5)cc4)o3)cc2)C1. The first kappa shape index (κ1) is 21.6. The second-order valence-corrected chi connectivity index (χ2v) is 8.92. The van der Waals surface area contributed by atoms with E-state index < -0.39 is 0 Å². The second-order valence-electron chi connectivity index (χ2n) is 8.92. The number of carbonyl (C=O) groups is 1. The van der Waals surface area contributed by atoms with Crippen LogP contribution in [0, 0.1) is 0 Å².